The Hall–Kier alpha value is -1.09. The molecule has 0 aliphatic heterocycles. The average molecular weight is 236 g/mol. The van der Waals surface area contributed by atoms with Gasteiger partial charge < -0.3 is 0 Å². The summed E-state index contributed by atoms with van der Waals surface area (Å²) in [6, 6.07) is 8.22. The van der Waals surface area contributed by atoms with Gasteiger partial charge in [0.15, 0.2) is 0 Å². The van der Waals surface area contributed by atoms with Crippen LogP contribution < -0.4 is 0 Å². The van der Waals surface area contributed by atoms with Crippen LogP contribution in [0.25, 0.3) is 11.0 Å². The predicted molar refractivity (Wildman–Crippen MR) is 64.7 cm³/mol. The molecule has 3 nitrogen and oxygen atoms in total. The van der Waals surface area contributed by atoms with E-state index in [1.807, 2.05) is 29.1 Å². The Morgan fingerprint density at radius 2 is 1.69 bits per heavy atom. The summed E-state index contributed by atoms with van der Waals surface area (Å²) in [7, 11) is 0. The van der Waals surface area contributed by atoms with Crippen LogP contribution >= 0.6 is 11.6 Å². The topological polar surface area (TPSA) is 30.7 Å². The molecule has 16 heavy (non-hydrogen) atoms. The summed E-state index contributed by atoms with van der Waals surface area (Å²) in [5.74, 6) is 0. The van der Waals surface area contributed by atoms with Crippen LogP contribution in [0.4, 0.5) is 0 Å². The minimum Gasteiger partial charge on any atom is -0.179 e. The molecule has 0 amide bonds. The molecule has 0 saturated heterocycles. The van der Waals surface area contributed by atoms with Gasteiger partial charge in [0.1, 0.15) is 11.0 Å². The van der Waals surface area contributed by atoms with E-state index in [9.17, 15) is 0 Å². The van der Waals surface area contributed by atoms with Gasteiger partial charge in [0.2, 0.25) is 0 Å². The largest absolute Gasteiger partial charge is 0.179 e. The first-order valence-corrected chi connectivity index (χ1v) is 6.24. The summed E-state index contributed by atoms with van der Waals surface area (Å²) in [4.78, 5) is 1.82. The SMILES string of the molecule is Cl[C@H]1CCCC[C@H]1n1nc2ccccc2n1. The smallest absolute Gasteiger partial charge is 0.113 e. The van der Waals surface area contributed by atoms with Crippen molar-refractivity contribution in [1.29, 1.82) is 0 Å². The lowest BCUT2D eigenvalue weighted by molar-refractivity contribution is 0.310. The van der Waals surface area contributed by atoms with E-state index >= 15 is 0 Å². The normalized spacial score (nSPS) is 26.1. The summed E-state index contributed by atoms with van der Waals surface area (Å²) < 4.78 is 0. The van der Waals surface area contributed by atoms with E-state index in [2.05, 4.69) is 10.2 Å². The molecule has 2 aromatic rings. The van der Waals surface area contributed by atoms with Gasteiger partial charge in [0, 0.05) is 0 Å². The fourth-order valence-electron chi connectivity index (χ4n) is 2.35. The van der Waals surface area contributed by atoms with Crippen LogP contribution in [0.1, 0.15) is 31.7 Å². The molecule has 0 spiro atoms. The third-order valence-electron chi connectivity index (χ3n) is 3.25. The first kappa shape index (κ1) is 10.1. The standard InChI is InChI=1S/C12H14ClN3/c13-9-5-1-4-8-12(9)16-14-10-6-2-3-7-11(10)15-16/h2-3,6-7,9,12H,1,4-5,8H2/t9-,12+/m0/s1. The molecule has 84 valence electrons. The van der Waals surface area contributed by atoms with E-state index in [-0.39, 0.29) is 11.4 Å². The maximum absolute atomic E-state index is 6.34. The van der Waals surface area contributed by atoms with Crippen molar-refractivity contribution in [1.82, 2.24) is 15.0 Å². The number of aromatic nitrogens is 3. The van der Waals surface area contributed by atoms with Crippen LogP contribution in [-0.2, 0) is 0 Å². The molecular formula is C12H14ClN3. The summed E-state index contributed by atoms with van der Waals surface area (Å²) in [5, 5.41) is 9.19. The second-order valence-corrected chi connectivity index (χ2v) is 4.94. The number of alkyl halides is 1. The van der Waals surface area contributed by atoms with Crippen LogP contribution in [0.2, 0.25) is 0 Å². The number of benzene rings is 1. The molecule has 1 fully saturated rings. The highest BCUT2D eigenvalue weighted by atomic mass is 35.5. The lowest BCUT2D eigenvalue weighted by Crippen LogP contribution is -2.25. The van der Waals surface area contributed by atoms with Crippen molar-refractivity contribution in [2.45, 2.75) is 37.1 Å². The number of rotatable bonds is 1. The van der Waals surface area contributed by atoms with E-state index < -0.39 is 0 Å². The summed E-state index contributed by atoms with van der Waals surface area (Å²) in [5.41, 5.74) is 1.91. The maximum atomic E-state index is 6.34. The number of hydrogen-bond donors (Lipinski definition) is 0. The Labute approximate surface area is 99.4 Å². The molecule has 0 unspecified atom stereocenters. The zero-order chi connectivity index (χ0) is 11.0. The summed E-state index contributed by atoms with van der Waals surface area (Å²) >= 11 is 6.34. The number of hydrogen-bond acceptors (Lipinski definition) is 2. The van der Waals surface area contributed by atoms with Gasteiger partial charge in [-0.1, -0.05) is 25.0 Å². The van der Waals surface area contributed by atoms with Gasteiger partial charge in [-0.2, -0.15) is 15.0 Å². The van der Waals surface area contributed by atoms with E-state index in [0.717, 1.165) is 23.9 Å². The van der Waals surface area contributed by atoms with E-state index in [1.54, 1.807) is 0 Å². The third kappa shape index (κ3) is 1.69. The van der Waals surface area contributed by atoms with E-state index in [1.165, 1.54) is 12.8 Å². The molecule has 0 bridgehead atoms. The van der Waals surface area contributed by atoms with Crippen LogP contribution in [0.15, 0.2) is 24.3 Å². The molecule has 3 rings (SSSR count). The molecule has 1 saturated carbocycles. The zero-order valence-corrected chi connectivity index (χ0v) is 9.77. The minimum atomic E-state index is 0.176. The van der Waals surface area contributed by atoms with Crippen molar-refractivity contribution in [3.05, 3.63) is 24.3 Å². The van der Waals surface area contributed by atoms with Crippen LogP contribution in [0, 0.1) is 0 Å². The fraction of sp³-hybridized carbons (Fsp3) is 0.500. The monoisotopic (exact) mass is 235 g/mol. The van der Waals surface area contributed by atoms with E-state index in [4.69, 9.17) is 11.6 Å². The van der Waals surface area contributed by atoms with Gasteiger partial charge in [-0.05, 0) is 25.0 Å². The van der Waals surface area contributed by atoms with Crippen LogP contribution in [-0.4, -0.2) is 20.4 Å². The Morgan fingerprint density at radius 3 is 2.31 bits per heavy atom. The van der Waals surface area contributed by atoms with Crippen molar-refractivity contribution < 1.29 is 0 Å². The molecular weight excluding hydrogens is 222 g/mol. The number of nitrogens with zero attached hydrogens (tertiary/aromatic N) is 3. The molecule has 1 aliphatic carbocycles. The van der Waals surface area contributed by atoms with Crippen molar-refractivity contribution in [3.63, 3.8) is 0 Å². The quantitative estimate of drug-likeness (QED) is 0.711. The van der Waals surface area contributed by atoms with E-state index in [0.29, 0.717) is 0 Å². The van der Waals surface area contributed by atoms with Gasteiger partial charge in [0.25, 0.3) is 0 Å². The number of halogens is 1. The molecule has 4 heteroatoms. The minimum absolute atomic E-state index is 0.176. The molecule has 1 aromatic heterocycles. The summed E-state index contributed by atoms with van der Waals surface area (Å²) in [6.07, 6.45) is 4.62. The number of fused-ring (bicyclic) bond motifs is 1. The lowest BCUT2D eigenvalue weighted by Gasteiger charge is -2.25. The molecule has 1 heterocycles. The Kier molecular flexibility index (Phi) is 2.56. The maximum Gasteiger partial charge on any atom is 0.113 e. The van der Waals surface area contributed by atoms with Gasteiger partial charge >= 0.3 is 0 Å². The summed E-state index contributed by atoms with van der Waals surface area (Å²) in [6.45, 7) is 0. The van der Waals surface area contributed by atoms with Gasteiger partial charge in [0.05, 0.1) is 11.4 Å². The first-order chi connectivity index (χ1) is 7.84. The second-order valence-electron chi connectivity index (χ2n) is 4.38. The Bertz CT molecular complexity index is 461. The zero-order valence-electron chi connectivity index (χ0n) is 9.01. The first-order valence-electron chi connectivity index (χ1n) is 5.80. The van der Waals surface area contributed by atoms with Gasteiger partial charge in [-0.3, -0.25) is 0 Å². The molecule has 0 radical (unpaired) electrons. The molecule has 1 aromatic carbocycles. The highest BCUT2D eigenvalue weighted by Crippen LogP contribution is 2.31. The Balaban J connectivity index is 1.98. The second kappa shape index (κ2) is 4.06. The third-order valence-corrected chi connectivity index (χ3v) is 3.76. The fourth-order valence-corrected chi connectivity index (χ4v) is 2.73. The van der Waals surface area contributed by atoms with Gasteiger partial charge in [-0.15, -0.1) is 11.6 Å². The van der Waals surface area contributed by atoms with Crippen molar-refractivity contribution in [3.8, 4) is 0 Å². The highest BCUT2D eigenvalue weighted by Gasteiger charge is 2.26. The highest BCUT2D eigenvalue weighted by molar-refractivity contribution is 6.21. The molecule has 2 atom stereocenters. The predicted octanol–water partition coefficient (Wildman–Crippen LogP) is 3.15. The van der Waals surface area contributed by atoms with Crippen LogP contribution in [0.5, 0.6) is 0 Å². The molecule has 0 N–H and O–H groups in total. The lowest BCUT2D eigenvalue weighted by atomic mass is 9.95. The van der Waals surface area contributed by atoms with Crippen molar-refractivity contribution in [2.24, 2.45) is 0 Å². The van der Waals surface area contributed by atoms with Crippen LogP contribution in [0.3, 0.4) is 0 Å². The Morgan fingerprint density at radius 1 is 1.06 bits per heavy atom. The van der Waals surface area contributed by atoms with Gasteiger partial charge in [-0.25, -0.2) is 0 Å². The average Bonchev–Trinajstić information content (AvgIpc) is 2.73. The van der Waals surface area contributed by atoms with Crippen molar-refractivity contribution >= 4 is 22.6 Å². The van der Waals surface area contributed by atoms with Crippen molar-refractivity contribution in [2.75, 3.05) is 0 Å². The molecule has 1 aliphatic rings.